The van der Waals surface area contributed by atoms with Crippen LogP contribution in [0.1, 0.15) is 19.3 Å². The molecular weight excluding hydrogens is 242 g/mol. The van der Waals surface area contributed by atoms with Gasteiger partial charge in [0.15, 0.2) is 0 Å². The van der Waals surface area contributed by atoms with Crippen molar-refractivity contribution in [2.24, 2.45) is 5.92 Å². The standard InChI is InChI=1S/C13H21B2O4/c1-16-7-9-5-8(13(15)18-9)3-4-10-11(17-2)6-12(14)19-10/h5,8-13H,3-4,6-7H2,1-2H3/t8?,9-,10+,11+,12+,13+/m0/s1. The molecule has 0 amide bonds. The molecule has 0 aromatic heterocycles. The monoisotopic (exact) mass is 263 g/mol. The SMILES string of the molecule is [B][C@@H]1O[C@H](COC)[CH]C1CC[C@H]1O[C@@H]([B])C[C@H]1OC. The predicted octanol–water partition coefficient (Wildman–Crippen LogP) is 0.425. The first-order valence-corrected chi connectivity index (χ1v) is 6.82. The summed E-state index contributed by atoms with van der Waals surface area (Å²) in [6, 6.07) is -0.468. The van der Waals surface area contributed by atoms with Crippen LogP contribution in [0.4, 0.5) is 0 Å². The fourth-order valence-corrected chi connectivity index (χ4v) is 2.86. The second-order valence-electron chi connectivity index (χ2n) is 5.25. The number of ether oxygens (including phenoxy) is 4. The average Bonchev–Trinajstić information content (AvgIpc) is 2.90. The lowest BCUT2D eigenvalue weighted by Gasteiger charge is -2.20. The minimum atomic E-state index is -0.253. The van der Waals surface area contributed by atoms with Crippen molar-refractivity contribution >= 4 is 15.7 Å². The maximum absolute atomic E-state index is 5.97. The summed E-state index contributed by atoms with van der Waals surface area (Å²) in [5.41, 5.74) is 0. The van der Waals surface area contributed by atoms with E-state index >= 15 is 0 Å². The van der Waals surface area contributed by atoms with Crippen LogP contribution in [0.3, 0.4) is 0 Å². The van der Waals surface area contributed by atoms with E-state index in [1.807, 2.05) is 0 Å². The summed E-state index contributed by atoms with van der Waals surface area (Å²) in [4.78, 5) is 0. The number of rotatable bonds is 6. The summed E-state index contributed by atoms with van der Waals surface area (Å²) in [6.45, 7) is 0.551. The van der Waals surface area contributed by atoms with Gasteiger partial charge in [-0.1, -0.05) is 0 Å². The third-order valence-electron chi connectivity index (χ3n) is 3.86. The highest BCUT2D eigenvalue weighted by Crippen LogP contribution is 2.31. The molecule has 6 atom stereocenters. The van der Waals surface area contributed by atoms with Gasteiger partial charge in [-0.15, -0.1) is 0 Å². The molecule has 6 heteroatoms. The van der Waals surface area contributed by atoms with Crippen molar-refractivity contribution in [1.29, 1.82) is 0 Å². The second-order valence-corrected chi connectivity index (χ2v) is 5.25. The molecule has 103 valence electrons. The lowest BCUT2D eigenvalue weighted by atomic mass is 9.82. The van der Waals surface area contributed by atoms with Crippen molar-refractivity contribution in [2.45, 2.75) is 49.6 Å². The van der Waals surface area contributed by atoms with E-state index in [0.29, 0.717) is 6.61 Å². The first kappa shape index (κ1) is 15.4. The molecular formula is C13H21B2O4. The van der Waals surface area contributed by atoms with Crippen LogP contribution >= 0.6 is 0 Å². The van der Waals surface area contributed by atoms with Crippen molar-refractivity contribution in [2.75, 3.05) is 20.8 Å². The highest BCUT2D eigenvalue weighted by atomic mass is 16.6. The van der Waals surface area contributed by atoms with Gasteiger partial charge in [-0.05, 0) is 31.6 Å². The Morgan fingerprint density at radius 3 is 2.68 bits per heavy atom. The summed E-state index contributed by atoms with van der Waals surface area (Å²) in [7, 11) is 15.1. The lowest BCUT2D eigenvalue weighted by Crippen LogP contribution is -2.25. The second kappa shape index (κ2) is 7.11. The van der Waals surface area contributed by atoms with Crippen molar-refractivity contribution in [1.82, 2.24) is 0 Å². The fourth-order valence-electron chi connectivity index (χ4n) is 2.86. The molecule has 5 radical (unpaired) electrons. The Kier molecular flexibility index (Phi) is 5.75. The van der Waals surface area contributed by atoms with Gasteiger partial charge in [-0.3, -0.25) is 0 Å². The van der Waals surface area contributed by atoms with Crippen LogP contribution in [0.5, 0.6) is 0 Å². The molecule has 2 aliphatic rings. The van der Waals surface area contributed by atoms with E-state index in [0.717, 1.165) is 19.3 Å². The van der Waals surface area contributed by atoms with Crippen molar-refractivity contribution < 1.29 is 18.9 Å². The fraction of sp³-hybridized carbons (Fsp3) is 0.923. The molecule has 0 aliphatic carbocycles. The van der Waals surface area contributed by atoms with Crippen molar-refractivity contribution in [3.63, 3.8) is 0 Å². The number of methoxy groups -OCH3 is 2. The van der Waals surface area contributed by atoms with Gasteiger partial charge in [0.25, 0.3) is 0 Å². The van der Waals surface area contributed by atoms with Crippen molar-refractivity contribution in [3.05, 3.63) is 6.42 Å². The third kappa shape index (κ3) is 3.97. The molecule has 0 spiro atoms. The smallest absolute Gasteiger partial charge is 0.109 e. The Balaban J connectivity index is 1.76. The quantitative estimate of drug-likeness (QED) is 0.651. The normalized spacial score (nSPS) is 42.8. The summed E-state index contributed by atoms with van der Waals surface area (Å²) in [6.07, 6.45) is 4.82. The Morgan fingerprint density at radius 1 is 1.21 bits per heavy atom. The van der Waals surface area contributed by atoms with Gasteiger partial charge in [0.2, 0.25) is 0 Å². The van der Waals surface area contributed by atoms with E-state index in [-0.39, 0.29) is 36.2 Å². The van der Waals surface area contributed by atoms with E-state index < -0.39 is 0 Å². The Labute approximate surface area is 118 Å². The van der Waals surface area contributed by atoms with Crippen LogP contribution < -0.4 is 0 Å². The zero-order valence-corrected chi connectivity index (χ0v) is 11.7. The third-order valence-corrected chi connectivity index (χ3v) is 3.86. The Hall–Kier alpha value is -0.0301. The van der Waals surface area contributed by atoms with E-state index in [9.17, 15) is 0 Å². The minimum absolute atomic E-state index is 0.00465. The summed E-state index contributed by atoms with van der Waals surface area (Å²) in [5, 5.41) is 0. The van der Waals surface area contributed by atoms with Crippen molar-refractivity contribution in [3.8, 4) is 0 Å². The molecule has 1 unspecified atom stereocenters. The Morgan fingerprint density at radius 2 is 2.00 bits per heavy atom. The van der Waals surface area contributed by atoms with Crippen LogP contribution in [-0.2, 0) is 18.9 Å². The molecule has 0 bridgehead atoms. The maximum atomic E-state index is 5.97. The molecule has 0 N–H and O–H groups in total. The first-order valence-electron chi connectivity index (χ1n) is 6.82. The maximum Gasteiger partial charge on any atom is 0.109 e. The molecule has 2 aliphatic heterocycles. The Bertz CT molecular complexity index is 279. The lowest BCUT2D eigenvalue weighted by molar-refractivity contribution is 0.000325. The van der Waals surface area contributed by atoms with Crippen LogP contribution in [0.2, 0.25) is 0 Å². The van der Waals surface area contributed by atoms with Gasteiger partial charge in [-0.2, -0.15) is 0 Å². The van der Waals surface area contributed by atoms with E-state index in [1.54, 1.807) is 14.2 Å². The average molecular weight is 263 g/mol. The molecule has 2 saturated heterocycles. The predicted molar refractivity (Wildman–Crippen MR) is 73.1 cm³/mol. The summed E-state index contributed by atoms with van der Waals surface area (Å²) < 4.78 is 21.7. The van der Waals surface area contributed by atoms with Gasteiger partial charge in [0.1, 0.15) is 15.7 Å². The molecule has 4 nitrogen and oxygen atoms in total. The molecule has 2 rings (SSSR count). The van der Waals surface area contributed by atoms with E-state index in [2.05, 4.69) is 6.42 Å². The topological polar surface area (TPSA) is 36.9 Å². The molecule has 2 fully saturated rings. The molecule has 2 heterocycles. The van der Waals surface area contributed by atoms with Gasteiger partial charge in [-0.25, -0.2) is 0 Å². The highest BCUT2D eigenvalue weighted by molar-refractivity contribution is 6.11. The van der Waals surface area contributed by atoms with Crippen LogP contribution in [0, 0.1) is 12.3 Å². The number of hydrogen-bond donors (Lipinski definition) is 0. The number of hydrogen-bond acceptors (Lipinski definition) is 4. The van der Waals surface area contributed by atoms with Gasteiger partial charge in [0, 0.05) is 26.2 Å². The largest absolute Gasteiger partial charge is 0.382 e. The van der Waals surface area contributed by atoms with Gasteiger partial charge in [0.05, 0.1) is 24.9 Å². The summed E-state index contributed by atoms with van der Waals surface area (Å²) in [5.74, 6) is 0.234. The van der Waals surface area contributed by atoms with E-state index in [1.165, 1.54) is 0 Å². The zero-order chi connectivity index (χ0) is 13.8. The van der Waals surface area contributed by atoms with E-state index in [4.69, 9.17) is 34.6 Å². The van der Waals surface area contributed by atoms with Gasteiger partial charge < -0.3 is 18.9 Å². The zero-order valence-electron chi connectivity index (χ0n) is 11.7. The summed E-state index contributed by atoms with van der Waals surface area (Å²) >= 11 is 0. The molecule has 0 aromatic carbocycles. The van der Waals surface area contributed by atoms with Crippen LogP contribution in [0.25, 0.3) is 0 Å². The molecule has 0 saturated carbocycles. The minimum Gasteiger partial charge on any atom is -0.382 e. The van der Waals surface area contributed by atoms with Gasteiger partial charge >= 0.3 is 0 Å². The highest BCUT2D eigenvalue weighted by Gasteiger charge is 2.36. The van der Waals surface area contributed by atoms with Crippen LogP contribution in [-0.4, -0.2) is 66.8 Å². The molecule has 19 heavy (non-hydrogen) atoms. The first-order chi connectivity index (χ1) is 9.13. The molecule has 0 aromatic rings. The van der Waals surface area contributed by atoms with Crippen LogP contribution in [0.15, 0.2) is 0 Å².